The maximum absolute atomic E-state index is 13.0. The molecule has 1 amide bonds. The summed E-state index contributed by atoms with van der Waals surface area (Å²) in [6.45, 7) is 8.95. The number of halogens is 1. The Bertz CT molecular complexity index is 652. The van der Waals surface area contributed by atoms with E-state index < -0.39 is 0 Å². The van der Waals surface area contributed by atoms with Crippen molar-refractivity contribution in [3.05, 3.63) is 58.9 Å². The van der Waals surface area contributed by atoms with Gasteiger partial charge in [0.05, 0.1) is 5.56 Å². The molecular formula is C19H28ClN3O. The zero-order chi connectivity index (χ0) is 16.8. The van der Waals surface area contributed by atoms with Crippen molar-refractivity contribution in [1.29, 1.82) is 0 Å². The first kappa shape index (κ1) is 20.3. The van der Waals surface area contributed by atoms with Crippen LogP contribution in [0.3, 0.4) is 0 Å². The number of carbonyl (C=O) groups excluding carboxylic acids is 1. The Labute approximate surface area is 151 Å². The average Bonchev–Trinajstić information content (AvgIpc) is 2.85. The molecule has 0 unspecified atom stereocenters. The lowest BCUT2D eigenvalue weighted by Gasteiger charge is -2.23. The molecule has 0 saturated heterocycles. The van der Waals surface area contributed by atoms with Crippen LogP contribution < -0.4 is 5.73 Å². The molecule has 0 radical (unpaired) electrons. The summed E-state index contributed by atoms with van der Waals surface area (Å²) in [5.41, 5.74) is 9.76. The number of carbonyl (C=O) groups is 1. The molecule has 0 bridgehead atoms. The highest BCUT2D eigenvalue weighted by atomic mass is 35.5. The van der Waals surface area contributed by atoms with Crippen LogP contribution in [0.1, 0.15) is 40.7 Å². The summed E-state index contributed by atoms with van der Waals surface area (Å²) in [7, 11) is 0. The lowest BCUT2D eigenvalue weighted by Crippen LogP contribution is -2.32. The number of hydrogen-bond acceptors (Lipinski definition) is 2. The second-order valence-corrected chi connectivity index (χ2v) is 5.88. The molecule has 0 aliphatic carbocycles. The average molecular weight is 350 g/mol. The largest absolute Gasteiger partial charge is 0.349 e. The van der Waals surface area contributed by atoms with E-state index >= 15 is 0 Å². The first-order valence-corrected chi connectivity index (χ1v) is 8.28. The maximum Gasteiger partial charge on any atom is 0.255 e. The lowest BCUT2D eigenvalue weighted by atomic mass is 10.1. The van der Waals surface area contributed by atoms with E-state index in [1.54, 1.807) is 0 Å². The van der Waals surface area contributed by atoms with E-state index in [0.29, 0.717) is 19.6 Å². The van der Waals surface area contributed by atoms with Gasteiger partial charge in [-0.25, -0.2) is 0 Å². The summed E-state index contributed by atoms with van der Waals surface area (Å²) in [4.78, 5) is 14.9. The van der Waals surface area contributed by atoms with E-state index in [0.717, 1.165) is 35.5 Å². The molecule has 1 aromatic heterocycles. The van der Waals surface area contributed by atoms with Gasteiger partial charge in [-0.05, 0) is 45.4 Å². The second-order valence-electron chi connectivity index (χ2n) is 5.88. The predicted octanol–water partition coefficient (Wildman–Crippen LogP) is 3.54. The number of rotatable bonds is 7. The summed E-state index contributed by atoms with van der Waals surface area (Å²) >= 11 is 0. The van der Waals surface area contributed by atoms with Gasteiger partial charge in [-0.2, -0.15) is 0 Å². The fraction of sp³-hybridized carbons (Fsp3) is 0.421. The summed E-state index contributed by atoms with van der Waals surface area (Å²) in [5.74, 6) is 0.0927. The monoisotopic (exact) mass is 349 g/mol. The van der Waals surface area contributed by atoms with Crippen LogP contribution in [0.5, 0.6) is 0 Å². The first-order valence-electron chi connectivity index (χ1n) is 8.28. The third-order valence-electron chi connectivity index (χ3n) is 4.26. The molecule has 1 heterocycles. The molecular weight excluding hydrogens is 322 g/mol. The molecule has 0 aliphatic heterocycles. The van der Waals surface area contributed by atoms with Crippen LogP contribution in [0.4, 0.5) is 0 Å². The predicted molar refractivity (Wildman–Crippen MR) is 102 cm³/mol. The van der Waals surface area contributed by atoms with Crippen molar-refractivity contribution >= 4 is 18.3 Å². The van der Waals surface area contributed by atoms with Crippen molar-refractivity contribution < 1.29 is 4.79 Å². The van der Waals surface area contributed by atoms with Crippen LogP contribution in [0.25, 0.3) is 0 Å². The Balaban J connectivity index is 0.00000288. The van der Waals surface area contributed by atoms with Gasteiger partial charge in [-0.1, -0.05) is 30.3 Å². The normalized spacial score (nSPS) is 10.3. The van der Waals surface area contributed by atoms with E-state index in [1.807, 2.05) is 36.1 Å². The van der Waals surface area contributed by atoms with Crippen molar-refractivity contribution in [1.82, 2.24) is 9.47 Å². The molecule has 0 atom stereocenters. The van der Waals surface area contributed by atoms with Crippen LogP contribution in [0.2, 0.25) is 0 Å². The lowest BCUT2D eigenvalue weighted by molar-refractivity contribution is 0.0741. The number of aryl methyl sites for hydroxylation is 1. The zero-order valence-electron chi connectivity index (χ0n) is 14.8. The first-order chi connectivity index (χ1) is 11.1. The Morgan fingerprint density at radius 2 is 1.88 bits per heavy atom. The Kier molecular flexibility index (Phi) is 8.02. The fourth-order valence-corrected chi connectivity index (χ4v) is 3.01. The van der Waals surface area contributed by atoms with Crippen LogP contribution in [0.15, 0.2) is 36.4 Å². The van der Waals surface area contributed by atoms with Gasteiger partial charge in [-0.15, -0.1) is 12.4 Å². The molecule has 4 nitrogen and oxygen atoms in total. The highest BCUT2D eigenvalue weighted by Gasteiger charge is 2.21. The Morgan fingerprint density at radius 3 is 2.42 bits per heavy atom. The number of aromatic nitrogens is 1. The highest BCUT2D eigenvalue weighted by Crippen LogP contribution is 2.18. The fourth-order valence-electron chi connectivity index (χ4n) is 3.01. The Hall–Kier alpha value is -1.78. The van der Waals surface area contributed by atoms with Gasteiger partial charge in [0.1, 0.15) is 0 Å². The third-order valence-corrected chi connectivity index (χ3v) is 4.26. The van der Waals surface area contributed by atoms with E-state index in [9.17, 15) is 4.79 Å². The van der Waals surface area contributed by atoms with Crippen LogP contribution >= 0.6 is 12.4 Å². The summed E-state index contributed by atoms with van der Waals surface area (Å²) in [6.07, 6.45) is 0.811. The minimum Gasteiger partial charge on any atom is -0.349 e. The Morgan fingerprint density at radius 1 is 1.21 bits per heavy atom. The van der Waals surface area contributed by atoms with Gasteiger partial charge in [0.25, 0.3) is 5.91 Å². The van der Waals surface area contributed by atoms with Gasteiger partial charge in [0.15, 0.2) is 0 Å². The third kappa shape index (κ3) is 4.62. The molecule has 2 rings (SSSR count). The van der Waals surface area contributed by atoms with Crippen molar-refractivity contribution in [3.8, 4) is 0 Å². The van der Waals surface area contributed by atoms with E-state index in [4.69, 9.17) is 5.73 Å². The highest BCUT2D eigenvalue weighted by molar-refractivity contribution is 5.95. The van der Waals surface area contributed by atoms with E-state index in [1.165, 1.54) is 0 Å². The van der Waals surface area contributed by atoms with Gasteiger partial charge in [0, 0.05) is 31.0 Å². The van der Waals surface area contributed by atoms with Crippen molar-refractivity contribution in [2.75, 3.05) is 13.1 Å². The van der Waals surface area contributed by atoms with Gasteiger partial charge in [-0.3, -0.25) is 4.79 Å². The molecule has 132 valence electrons. The minimum absolute atomic E-state index is 0. The molecule has 0 aliphatic rings. The summed E-state index contributed by atoms with van der Waals surface area (Å²) < 4.78 is 2.18. The zero-order valence-corrected chi connectivity index (χ0v) is 15.6. The molecule has 0 saturated carbocycles. The summed E-state index contributed by atoms with van der Waals surface area (Å²) in [6, 6.07) is 12.1. The number of hydrogen-bond donors (Lipinski definition) is 1. The van der Waals surface area contributed by atoms with E-state index in [-0.39, 0.29) is 18.3 Å². The SMILES string of the molecule is CCn1c(C)cc(C(=O)N(CCCN)Cc2ccccc2)c1C.Cl. The molecule has 2 N–H and O–H groups in total. The van der Waals surface area contributed by atoms with Gasteiger partial charge < -0.3 is 15.2 Å². The molecule has 2 aromatic rings. The number of amides is 1. The number of nitrogens with two attached hydrogens (primary N) is 1. The number of benzene rings is 1. The standard InChI is InChI=1S/C19H27N3O.ClH/c1-4-22-15(2)13-18(16(22)3)19(23)21(12-8-11-20)14-17-9-6-5-7-10-17;/h5-7,9-10,13H,4,8,11-12,14,20H2,1-3H3;1H. The number of nitrogens with zero attached hydrogens (tertiary/aromatic N) is 2. The quantitative estimate of drug-likeness (QED) is 0.831. The second kappa shape index (κ2) is 9.50. The molecule has 0 fully saturated rings. The molecule has 1 aromatic carbocycles. The smallest absolute Gasteiger partial charge is 0.255 e. The van der Waals surface area contributed by atoms with Crippen LogP contribution in [-0.2, 0) is 13.1 Å². The summed E-state index contributed by atoms with van der Waals surface area (Å²) in [5, 5.41) is 0. The van der Waals surface area contributed by atoms with Gasteiger partial charge in [0.2, 0.25) is 0 Å². The van der Waals surface area contributed by atoms with Gasteiger partial charge >= 0.3 is 0 Å². The topological polar surface area (TPSA) is 51.3 Å². The van der Waals surface area contributed by atoms with Crippen molar-refractivity contribution in [3.63, 3.8) is 0 Å². The van der Waals surface area contributed by atoms with Crippen LogP contribution in [-0.4, -0.2) is 28.5 Å². The molecule has 5 heteroatoms. The van der Waals surface area contributed by atoms with Crippen LogP contribution in [0, 0.1) is 13.8 Å². The molecule has 24 heavy (non-hydrogen) atoms. The minimum atomic E-state index is 0. The molecule has 0 spiro atoms. The maximum atomic E-state index is 13.0. The van der Waals surface area contributed by atoms with Crippen molar-refractivity contribution in [2.24, 2.45) is 5.73 Å². The van der Waals surface area contributed by atoms with Crippen molar-refractivity contribution in [2.45, 2.75) is 40.3 Å². The van der Waals surface area contributed by atoms with E-state index in [2.05, 4.69) is 30.5 Å².